The minimum atomic E-state index is -0.508. The van der Waals surface area contributed by atoms with Crippen LogP contribution >= 0.6 is 11.6 Å². The predicted octanol–water partition coefficient (Wildman–Crippen LogP) is 3.84. The van der Waals surface area contributed by atoms with E-state index in [1.54, 1.807) is 24.3 Å². The average molecular weight is 283 g/mol. The van der Waals surface area contributed by atoms with Gasteiger partial charge in [0.15, 0.2) is 6.10 Å². The molecule has 1 saturated carbocycles. The number of carbonyl (C=O) groups is 1. The van der Waals surface area contributed by atoms with Gasteiger partial charge in [-0.2, -0.15) is 0 Å². The van der Waals surface area contributed by atoms with E-state index in [0.717, 1.165) is 25.7 Å². The lowest BCUT2D eigenvalue weighted by Crippen LogP contribution is -2.37. The van der Waals surface area contributed by atoms with E-state index >= 15 is 0 Å². The van der Waals surface area contributed by atoms with Crippen LogP contribution in [0.3, 0.4) is 0 Å². The molecular weight excluding hydrogens is 264 g/mol. The lowest BCUT2D eigenvalue weighted by atomic mass is 9.85. The molecule has 0 radical (unpaired) electrons. The summed E-state index contributed by atoms with van der Waals surface area (Å²) in [6.07, 6.45) is 5.09. The number of halogens is 1. The monoisotopic (exact) mass is 282 g/mol. The Morgan fingerprint density at radius 2 is 1.84 bits per heavy atom. The molecule has 1 unspecified atom stereocenters. The fourth-order valence-corrected chi connectivity index (χ4v) is 2.68. The van der Waals surface area contributed by atoms with E-state index < -0.39 is 6.10 Å². The normalized spacial score (nSPS) is 17.8. The Balaban J connectivity index is 2.08. The summed E-state index contributed by atoms with van der Waals surface area (Å²) in [5.74, 6) is 0.615. The molecule has 0 heterocycles. The van der Waals surface area contributed by atoms with Crippen LogP contribution in [0.15, 0.2) is 24.3 Å². The summed E-state index contributed by atoms with van der Waals surface area (Å²) in [5.41, 5.74) is 0. The van der Waals surface area contributed by atoms with Crippen LogP contribution in [0.5, 0.6) is 5.75 Å². The van der Waals surface area contributed by atoms with Gasteiger partial charge in [-0.3, -0.25) is 0 Å². The zero-order valence-electron chi connectivity index (χ0n) is 11.1. The molecule has 3 nitrogen and oxygen atoms in total. The molecule has 0 saturated heterocycles. The topological polar surface area (TPSA) is 35.5 Å². The predicted molar refractivity (Wildman–Crippen MR) is 74.5 cm³/mol. The van der Waals surface area contributed by atoms with E-state index in [-0.39, 0.29) is 11.9 Å². The highest BCUT2D eigenvalue weighted by Crippen LogP contribution is 2.30. The molecule has 1 atom stereocenters. The second-order valence-corrected chi connectivity index (χ2v) is 5.35. The van der Waals surface area contributed by atoms with E-state index in [2.05, 4.69) is 0 Å². The van der Waals surface area contributed by atoms with Crippen molar-refractivity contribution >= 4 is 17.6 Å². The highest BCUT2D eigenvalue weighted by Gasteiger charge is 2.32. The van der Waals surface area contributed by atoms with Crippen LogP contribution in [0, 0.1) is 5.92 Å². The Morgan fingerprint density at radius 1 is 1.21 bits per heavy atom. The quantitative estimate of drug-likeness (QED) is 0.787. The van der Waals surface area contributed by atoms with Crippen LogP contribution in [0.2, 0.25) is 5.02 Å². The highest BCUT2D eigenvalue weighted by atomic mass is 35.5. The van der Waals surface area contributed by atoms with Crippen LogP contribution in [0.1, 0.15) is 32.1 Å². The molecule has 0 aliphatic heterocycles. The molecule has 0 bridgehead atoms. The molecule has 19 heavy (non-hydrogen) atoms. The molecule has 0 N–H and O–H groups in total. The van der Waals surface area contributed by atoms with Crippen molar-refractivity contribution in [1.29, 1.82) is 0 Å². The number of benzene rings is 1. The number of ether oxygens (including phenoxy) is 2. The first kappa shape index (κ1) is 14.2. The molecular formula is C15H19ClO3. The van der Waals surface area contributed by atoms with Gasteiger partial charge in [0.1, 0.15) is 5.75 Å². The van der Waals surface area contributed by atoms with Crippen molar-refractivity contribution in [2.75, 3.05) is 7.11 Å². The van der Waals surface area contributed by atoms with Crippen LogP contribution in [0.25, 0.3) is 0 Å². The molecule has 1 aliphatic carbocycles. The van der Waals surface area contributed by atoms with E-state index in [1.165, 1.54) is 13.5 Å². The Labute approximate surface area is 118 Å². The molecule has 0 spiro atoms. The van der Waals surface area contributed by atoms with Gasteiger partial charge in [0.05, 0.1) is 7.11 Å². The zero-order valence-corrected chi connectivity index (χ0v) is 11.9. The van der Waals surface area contributed by atoms with E-state index in [0.29, 0.717) is 10.8 Å². The third-order valence-corrected chi connectivity index (χ3v) is 3.84. The summed E-state index contributed by atoms with van der Waals surface area (Å²) < 4.78 is 10.7. The molecule has 1 aliphatic rings. The average Bonchev–Trinajstić information content (AvgIpc) is 2.47. The van der Waals surface area contributed by atoms with Gasteiger partial charge in [-0.05, 0) is 37.1 Å². The maximum Gasteiger partial charge on any atom is 0.347 e. The minimum absolute atomic E-state index is 0.247. The van der Waals surface area contributed by atoms with Crippen LogP contribution in [-0.2, 0) is 9.53 Å². The van der Waals surface area contributed by atoms with Crippen molar-refractivity contribution in [3.05, 3.63) is 29.3 Å². The van der Waals surface area contributed by atoms with Crippen LogP contribution in [0.4, 0.5) is 0 Å². The van der Waals surface area contributed by atoms with Crippen molar-refractivity contribution < 1.29 is 14.3 Å². The smallest absolute Gasteiger partial charge is 0.347 e. The summed E-state index contributed by atoms with van der Waals surface area (Å²) in [4.78, 5) is 11.9. The van der Waals surface area contributed by atoms with Crippen molar-refractivity contribution in [2.24, 2.45) is 5.92 Å². The fourth-order valence-electron chi connectivity index (χ4n) is 2.55. The summed E-state index contributed by atoms with van der Waals surface area (Å²) >= 11 is 5.84. The maximum atomic E-state index is 11.9. The number of esters is 1. The zero-order chi connectivity index (χ0) is 13.7. The van der Waals surface area contributed by atoms with Crippen molar-refractivity contribution in [2.45, 2.75) is 38.2 Å². The molecule has 0 aromatic heterocycles. The molecule has 1 aromatic rings. The lowest BCUT2D eigenvalue weighted by molar-refractivity contribution is -0.152. The molecule has 1 fully saturated rings. The number of hydrogen-bond donors (Lipinski definition) is 0. The standard InChI is InChI=1S/C15H19ClO3/c1-18-15(17)14(11-5-3-2-4-6-11)19-13-9-7-12(16)8-10-13/h7-11,14H,2-6H2,1H3. The van der Waals surface area contributed by atoms with Gasteiger partial charge < -0.3 is 9.47 Å². The van der Waals surface area contributed by atoms with Crippen molar-refractivity contribution in [3.63, 3.8) is 0 Å². The molecule has 1 aromatic carbocycles. The van der Waals surface area contributed by atoms with Gasteiger partial charge in [-0.15, -0.1) is 0 Å². The second-order valence-electron chi connectivity index (χ2n) is 4.91. The number of hydrogen-bond acceptors (Lipinski definition) is 3. The summed E-state index contributed by atoms with van der Waals surface area (Å²) in [5, 5.41) is 0.652. The van der Waals surface area contributed by atoms with Crippen LogP contribution < -0.4 is 4.74 Å². The van der Waals surface area contributed by atoms with Crippen LogP contribution in [-0.4, -0.2) is 19.2 Å². The molecule has 0 amide bonds. The van der Waals surface area contributed by atoms with Gasteiger partial charge >= 0.3 is 5.97 Å². The fraction of sp³-hybridized carbons (Fsp3) is 0.533. The first-order valence-corrected chi connectivity index (χ1v) is 7.08. The van der Waals surface area contributed by atoms with Gasteiger partial charge in [0.25, 0.3) is 0 Å². The first-order valence-electron chi connectivity index (χ1n) is 6.71. The Bertz CT molecular complexity index is 410. The number of methoxy groups -OCH3 is 1. The van der Waals surface area contributed by atoms with Gasteiger partial charge in [0, 0.05) is 10.9 Å². The van der Waals surface area contributed by atoms with E-state index in [4.69, 9.17) is 21.1 Å². The van der Waals surface area contributed by atoms with Gasteiger partial charge in [-0.1, -0.05) is 30.9 Å². The van der Waals surface area contributed by atoms with E-state index in [9.17, 15) is 4.79 Å². The van der Waals surface area contributed by atoms with Crippen molar-refractivity contribution in [1.82, 2.24) is 0 Å². The first-order chi connectivity index (χ1) is 9.20. The maximum absolute atomic E-state index is 11.9. The van der Waals surface area contributed by atoms with Gasteiger partial charge in [-0.25, -0.2) is 4.79 Å². The molecule has 104 valence electrons. The summed E-state index contributed by atoms with van der Waals surface area (Å²) in [6.45, 7) is 0. The number of carbonyl (C=O) groups excluding carboxylic acids is 1. The molecule has 2 rings (SSSR count). The lowest BCUT2D eigenvalue weighted by Gasteiger charge is -2.28. The van der Waals surface area contributed by atoms with Gasteiger partial charge in [0.2, 0.25) is 0 Å². The third kappa shape index (κ3) is 3.87. The molecule has 4 heteroatoms. The largest absolute Gasteiger partial charge is 0.478 e. The third-order valence-electron chi connectivity index (χ3n) is 3.59. The Morgan fingerprint density at radius 3 is 2.42 bits per heavy atom. The SMILES string of the molecule is COC(=O)C(Oc1ccc(Cl)cc1)C1CCCCC1. The Kier molecular flexibility index (Phi) is 5.08. The second kappa shape index (κ2) is 6.80. The minimum Gasteiger partial charge on any atom is -0.478 e. The highest BCUT2D eigenvalue weighted by molar-refractivity contribution is 6.30. The summed E-state index contributed by atoms with van der Waals surface area (Å²) in [6, 6.07) is 7.07. The Hall–Kier alpha value is -1.22. The summed E-state index contributed by atoms with van der Waals surface area (Å²) in [7, 11) is 1.41. The van der Waals surface area contributed by atoms with E-state index in [1.807, 2.05) is 0 Å². The number of rotatable bonds is 4. The van der Waals surface area contributed by atoms with Crippen molar-refractivity contribution in [3.8, 4) is 5.75 Å².